The summed E-state index contributed by atoms with van der Waals surface area (Å²) in [5, 5.41) is 0. The fraction of sp³-hybridized carbons (Fsp3) is 0.750. The van der Waals surface area contributed by atoms with Gasteiger partial charge in [0.2, 0.25) is 0 Å². The van der Waals surface area contributed by atoms with Crippen LogP contribution in [0.15, 0.2) is 0 Å². The zero-order valence-electron chi connectivity index (χ0n) is 4.00. The maximum absolute atomic E-state index is 4.64. The minimum atomic E-state index is 1.07. The van der Waals surface area contributed by atoms with Crippen molar-refractivity contribution < 1.29 is 19.4 Å². The van der Waals surface area contributed by atoms with Crippen molar-refractivity contribution in [3.05, 3.63) is 6.92 Å². The van der Waals surface area contributed by atoms with Gasteiger partial charge in [-0.15, -0.1) is 0 Å². The van der Waals surface area contributed by atoms with Gasteiger partial charge >= 0.3 is 28.7 Å². The number of hydrogen-bond donors (Lipinski definition) is 0. The van der Waals surface area contributed by atoms with E-state index in [4.69, 9.17) is 0 Å². The normalized spacial score (nSPS) is 5.67. The third kappa shape index (κ3) is 20.0. The molecule has 0 rings (SSSR count). The van der Waals surface area contributed by atoms with E-state index < -0.39 is 0 Å². The van der Waals surface area contributed by atoms with Gasteiger partial charge < -0.3 is 0 Å². The average Bonchev–Trinajstić information content (AvgIpc) is 1.72. The Bertz CT molecular complexity index is 9.51. The van der Waals surface area contributed by atoms with Gasteiger partial charge in [0.15, 0.2) is 0 Å². The van der Waals surface area contributed by atoms with Crippen molar-refractivity contribution in [1.29, 1.82) is 0 Å². The van der Waals surface area contributed by atoms with Gasteiger partial charge in [-0.25, -0.2) is 0 Å². The van der Waals surface area contributed by atoms with Crippen LogP contribution in [-0.2, 0) is 19.4 Å². The molecular formula is C4H9ClTi. The number of unbranched alkanes of at least 4 members (excludes halogenated alkanes) is 1. The standard InChI is InChI=1S/C4H9.ClH.Ti/c1-3-4-2;;/h1,3-4H2,2H3;1H;/q;;+1/p-1. The van der Waals surface area contributed by atoms with E-state index in [1.807, 2.05) is 0 Å². The Balaban J connectivity index is 0. The van der Waals surface area contributed by atoms with E-state index in [0.717, 1.165) is 6.42 Å². The summed E-state index contributed by atoms with van der Waals surface area (Å²) in [6.07, 6.45) is 2.28. The Morgan fingerprint density at radius 2 is 1.83 bits per heavy atom. The van der Waals surface area contributed by atoms with Gasteiger partial charge in [-0.05, 0) is 0 Å². The summed E-state index contributed by atoms with van der Waals surface area (Å²) in [7, 11) is 4.64. The molecule has 0 fully saturated rings. The van der Waals surface area contributed by atoms with Gasteiger partial charge in [-0.2, -0.15) is 0 Å². The van der Waals surface area contributed by atoms with E-state index in [9.17, 15) is 0 Å². The molecule has 0 saturated heterocycles. The Hall–Kier alpha value is 1.00. The average molecular weight is 140 g/mol. The molecule has 6 heavy (non-hydrogen) atoms. The number of halogens is 1. The van der Waals surface area contributed by atoms with Crippen molar-refractivity contribution in [3.63, 3.8) is 0 Å². The molecule has 0 spiro atoms. The molecule has 1 radical (unpaired) electrons. The minimum absolute atomic E-state index is 1.07. The van der Waals surface area contributed by atoms with Crippen LogP contribution in [0.4, 0.5) is 0 Å². The Morgan fingerprint density at radius 3 is 1.83 bits per heavy atom. The quantitative estimate of drug-likeness (QED) is 0.490. The van der Waals surface area contributed by atoms with Gasteiger partial charge in [-0.1, -0.05) is 26.7 Å². The van der Waals surface area contributed by atoms with E-state index in [0.29, 0.717) is 0 Å². The van der Waals surface area contributed by atoms with Crippen LogP contribution in [0, 0.1) is 6.92 Å². The van der Waals surface area contributed by atoms with Crippen LogP contribution in [0.1, 0.15) is 19.8 Å². The van der Waals surface area contributed by atoms with E-state index in [-0.39, 0.29) is 0 Å². The van der Waals surface area contributed by atoms with Crippen LogP contribution >= 0.6 is 9.30 Å². The van der Waals surface area contributed by atoms with Crippen LogP contribution in [0.3, 0.4) is 0 Å². The molecule has 0 saturated carbocycles. The van der Waals surface area contributed by atoms with Crippen LogP contribution in [0.2, 0.25) is 0 Å². The second-order valence-corrected chi connectivity index (χ2v) is 0.854. The number of rotatable bonds is 1. The van der Waals surface area contributed by atoms with E-state index >= 15 is 0 Å². The molecule has 0 atom stereocenters. The molecule has 0 heterocycles. The molecule has 0 aromatic carbocycles. The van der Waals surface area contributed by atoms with Crippen molar-refractivity contribution >= 4 is 9.30 Å². The summed E-state index contributed by atoms with van der Waals surface area (Å²) in [5.74, 6) is 0. The molecule has 0 aliphatic carbocycles. The predicted molar refractivity (Wildman–Crippen MR) is 26.1 cm³/mol. The molecule has 0 bridgehead atoms. The first-order valence-corrected chi connectivity index (χ1v) is 4.04. The zero-order valence-corrected chi connectivity index (χ0v) is 6.32. The van der Waals surface area contributed by atoms with Crippen molar-refractivity contribution in [2.45, 2.75) is 19.8 Å². The first-order valence-electron chi connectivity index (χ1n) is 1.90. The van der Waals surface area contributed by atoms with Gasteiger partial charge in [-0.3, -0.25) is 0 Å². The first-order chi connectivity index (χ1) is 2.91. The fourth-order valence-electron chi connectivity index (χ4n) is 0. The Morgan fingerprint density at radius 1 is 1.67 bits per heavy atom. The summed E-state index contributed by atoms with van der Waals surface area (Å²) in [6.45, 7) is 5.72. The van der Waals surface area contributed by atoms with E-state index in [1.54, 1.807) is 0 Å². The Kier molecular flexibility index (Phi) is 28.0. The molecule has 0 aromatic heterocycles. The van der Waals surface area contributed by atoms with Crippen molar-refractivity contribution in [3.8, 4) is 0 Å². The second-order valence-electron chi connectivity index (χ2n) is 0.854. The van der Waals surface area contributed by atoms with Gasteiger partial charge in [0.25, 0.3) is 0 Å². The third-order valence-corrected chi connectivity index (χ3v) is 0.354. The van der Waals surface area contributed by atoms with Gasteiger partial charge in [0, 0.05) is 0 Å². The van der Waals surface area contributed by atoms with Crippen LogP contribution in [-0.4, -0.2) is 0 Å². The first kappa shape index (κ1) is 10.1. The summed E-state index contributed by atoms with van der Waals surface area (Å²) >= 11 is 1.47. The van der Waals surface area contributed by atoms with Crippen molar-refractivity contribution in [2.75, 3.05) is 0 Å². The van der Waals surface area contributed by atoms with Crippen molar-refractivity contribution in [1.82, 2.24) is 0 Å². The molecular weight excluding hydrogens is 131 g/mol. The van der Waals surface area contributed by atoms with Crippen LogP contribution < -0.4 is 0 Å². The van der Waals surface area contributed by atoms with Gasteiger partial charge in [0.05, 0.1) is 0 Å². The monoisotopic (exact) mass is 140 g/mol. The van der Waals surface area contributed by atoms with Crippen molar-refractivity contribution in [2.24, 2.45) is 0 Å². The fourth-order valence-corrected chi connectivity index (χ4v) is 0. The number of hydrogen-bond acceptors (Lipinski definition) is 0. The van der Waals surface area contributed by atoms with Crippen LogP contribution in [0.5, 0.6) is 0 Å². The summed E-state index contributed by atoms with van der Waals surface area (Å²) in [5.41, 5.74) is 0. The molecule has 0 aliphatic heterocycles. The summed E-state index contributed by atoms with van der Waals surface area (Å²) < 4.78 is 0. The van der Waals surface area contributed by atoms with E-state index in [1.165, 1.54) is 25.8 Å². The summed E-state index contributed by atoms with van der Waals surface area (Å²) in [4.78, 5) is 0. The van der Waals surface area contributed by atoms with E-state index in [2.05, 4.69) is 23.2 Å². The van der Waals surface area contributed by atoms with Gasteiger partial charge in [0.1, 0.15) is 0 Å². The van der Waals surface area contributed by atoms with Crippen LogP contribution in [0.25, 0.3) is 0 Å². The molecule has 0 aliphatic rings. The predicted octanol–water partition coefficient (Wildman–Crippen LogP) is 2.31. The topological polar surface area (TPSA) is 0 Å². The molecule has 0 aromatic rings. The SMILES string of the molecule is [CH2]CCC.[Cl][Ti]. The molecule has 36 valence electrons. The molecule has 0 nitrogen and oxygen atoms in total. The zero-order chi connectivity index (χ0) is 5.41. The summed E-state index contributed by atoms with van der Waals surface area (Å²) in [6, 6.07) is 0. The third-order valence-electron chi connectivity index (χ3n) is 0.354. The Labute approximate surface area is 55.5 Å². The molecule has 2 heteroatoms. The molecule has 0 N–H and O–H groups in total. The molecule has 0 unspecified atom stereocenters. The molecule has 0 amide bonds. The maximum atomic E-state index is 4.64. The second kappa shape index (κ2) is 16.7.